The molecule has 0 saturated heterocycles. The maximum absolute atomic E-state index is 12.1. The molecule has 1 N–H and O–H groups in total. The monoisotopic (exact) mass is 315 g/mol. The number of amides is 1. The van der Waals surface area contributed by atoms with Crippen molar-refractivity contribution in [3.05, 3.63) is 34.3 Å². The van der Waals surface area contributed by atoms with Gasteiger partial charge < -0.3 is 5.32 Å². The van der Waals surface area contributed by atoms with Gasteiger partial charge in [-0.1, -0.05) is 34.8 Å². The second-order valence-electron chi connectivity index (χ2n) is 4.59. The number of hydrogen-bond acceptors (Lipinski definition) is 1. The summed E-state index contributed by atoms with van der Waals surface area (Å²) in [5.74, 6) is 0.459. The van der Waals surface area contributed by atoms with Gasteiger partial charge in [-0.3, -0.25) is 4.79 Å². The molecular formula is C13H15BrClNO. The molecule has 0 unspecified atom stereocenters. The number of carbonyl (C=O) groups is 1. The first kappa shape index (κ1) is 12.9. The van der Waals surface area contributed by atoms with Gasteiger partial charge in [-0.25, -0.2) is 0 Å². The fraction of sp³-hybridized carbons (Fsp3) is 0.462. The van der Waals surface area contributed by atoms with Crippen molar-refractivity contribution in [2.75, 3.05) is 5.88 Å². The third-order valence-electron chi connectivity index (χ3n) is 3.28. The predicted octanol–water partition coefficient (Wildman–Crippen LogP) is 3.73. The third-order valence-corrected chi connectivity index (χ3v) is 4.29. The predicted molar refractivity (Wildman–Crippen MR) is 73.5 cm³/mol. The van der Waals surface area contributed by atoms with Gasteiger partial charge in [-0.05, 0) is 31.0 Å². The van der Waals surface area contributed by atoms with Crippen LogP contribution < -0.4 is 5.32 Å². The fourth-order valence-electron chi connectivity index (χ4n) is 2.29. The van der Waals surface area contributed by atoms with Crippen molar-refractivity contribution in [1.82, 2.24) is 5.32 Å². The number of nitrogens with one attached hydrogen (secondary N) is 1. The molecule has 1 aliphatic rings. The molecule has 0 aliphatic heterocycles. The van der Waals surface area contributed by atoms with Crippen molar-refractivity contribution in [2.24, 2.45) is 0 Å². The van der Waals surface area contributed by atoms with Gasteiger partial charge in [-0.2, -0.15) is 0 Å². The van der Waals surface area contributed by atoms with Crippen LogP contribution in [0.2, 0.25) is 0 Å². The maximum atomic E-state index is 12.1. The molecule has 0 spiro atoms. The highest BCUT2D eigenvalue weighted by molar-refractivity contribution is 9.10. The number of alkyl halides is 1. The van der Waals surface area contributed by atoms with Crippen LogP contribution in [0.1, 0.15) is 36.0 Å². The summed E-state index contributed by atoms with van der Waals surface area (Å²) < 4.78 is 0.913. The first-order valence-corrected chi connectivity index (χ1v) is 7.12. The first-order chi connectivity index (χ1) is 8.15. The molecule has 0 aromatic heterocycles. The minimum atomic E-state index is -0.193. The lowest BCUT2D eigenvalue weighted by Gasteiger charge is -2.27. The van der Waals surface area contributed by atoms with Gasteiger partial charge in [0.25, 0.3) is 5.91 Å². The van der Waals surface area contributed by atoms with Crippen LogP contribution in [0.5, 0.6) is 0 Å². The molecule has 0 atom stereocenters. The average molecular weight is 317 g/mol. The standard InChI is InChI=1S/C13H15BrClNO/c14-11-5-3-4-10(8-11)12(17)16-13(9-15)6-1-2-7-13/h3-5,8H,1-2,6-7,9H2,(H,16,17). The number of carbonyl (C=O) groups excluding carboxylic acids is 1. The van der Waals surface area contributed by atoms with Crippen LogP contribution in [-0.4, -0.2) is 17.3 Å². The van der Waals surface area contributed by atoms with E-state index in [0.717, 1.165) is 30.2 Å². The molecule has 1 fully saturated rings. The highest BCUT2D eigenvalue weighted by atomic mass is 79.9. The molecule has 92 valence electrons. The lowest BCUT2D eigenvalue weighted by molar-refractivity contribution is 0.0909. The van der Waals surface area contributed by atoms with Crippen molar-refractivity contribution in [3.8, 4) is 0 Å². The second-order valence-corrected chi connectivity index (χ2v) is 5.77. The number of halogens is 2. The molecule has 0 heterocycles. The van der Waals surface area contributed by atoms with Crippen molar-refractivity contribution in [2.45, 2.75) is 31.2 Å². The molecule has 4 heteroatoms. The van der Waals surface area contributed by atoms with Crippen LogP contribution in [-0.2, 0) is 0 Å². The van der Waals surface area contributed by atoms with E-state index in [9.17, 15) is 4.79 Å². The van der Waals surface area contributed by atoms with E-state index in [1.807, 2.05) is 24.3 Å². The molecule has 2 rings (SSSR count). The van der Waals surface area contributed by atoms with Crippen molar-refractivity contribution in [1.29, 1.82) is 0 Å². The van der Waals surface area contributed by atoms with E-state index < -0.39 is 0 Å². The van der Waals surface area contributed by atoms with Crippen LogP contribution in [0.3, 0.4) is 0 Å². The summed E-state index contributed by atoms with van der Waals surface area (Å²) >= 11 is 9.37. The first-order valence-electron chi connectivity index (χ1n) is 5.79. The molecule has 1 aromatic rings. The van der Waals surface area contributed by atoms with E-state index in [2.05, 4.69) is 21.2 Å². The summed E-state index contributed by atoms with van der Waals surface area (Å²) in [5.41, 5.74) is 0.483. The summed E-state index contributed by atoms with van der Waals surface area (Å²) in [6, 6.07) is 7.41. The normalized spacial score (nSPS) is 18.0. The summed E-state index contributed by atoms with van der Waals surface area (Å²) in [5, 5.41) is 3.09. The molecule has 1 amide bonds. The quantitative estimate of drug-likeness (QED) is 0.846. The minimum absolute atomic E-state index is 0.0335. The summed E-state index contributed by atoms with van der Waals surface area (Å²) in [4.78, 5) is 12.1. The van der Waals surface area contributed by atoms with E-state index in [1.54, 1.807) is 0 Å². The summed E-state index contributed by atoms with van der Waals surface area (Å²) in [6.07, 6.45) is 4.25. The maximum Gasteiger partial charge on any atom is 0.251 e. The zero-order chi connectivity index (χ0) is 12.3. The highest BCUT2D eigenvalue weighted by Gasteiger charge is 2.34. The summed E-state index contributed by atoms with van der Waals surface area (Å²) in [6.45, 7) is 0. The lowest BCUT2D eigenvalue weighted by Crippen LogP contribution is -2.47. The number of hydrogen-bond donors (Lipinski definition) is 1. The van der Waals surface area contributed by atoms with E-state index in [-0.39, 0.29) is 11.4 Å². The zero-order valence-corrected chi connectivity index (χ0v) is 11.9. The molecule has 1 saturated carbocycles. The van der Waals surface area contributed by atoms with Crippen LogP contribution in [0.15, 0.2) is 28.7 Å². The average Bonchev–Trinajstić information content (AvgIpc) is 2.78. The zero-order valence-electron chi connectivity index (χ0n) is 9.51. The van der Waals surface area contributed by atoms with E-state index in [1.165, 1.54) is 0 Å². The third kappa shape index (κ3) is 3.02. The molecule has 0 radical (unpaired) electrons. The van der Waals surface area contributed by atoms with Gasteiger partial charge in [0.15, 0.2) is 0 Å². The molecule has 17 heavy (non-hydrogen) atoms. The van der Waals surface area contributed by atoms with Crippen LogP contribution >= 0.6 is 27.5 Å². The van der Waals surface area contributed by atoms with Crippen molar-refractivity contribution >= 4 is 33.4 Å². The van der Waals surface area contributed by atoms with E-state index >= 15 is 0 Å². The Morgan fingerprint density at radius 2 is 2.12 bits per heavy atom. The molecule has 2 nitrogen and oxygen atoms in total. The number of rotatable bonds is 3. The van der Waals surface area contributed by atoms with Crippen LogP contribution in [0.4, 0.5) is 0 Å². The molecular weight excluding hydrogens is 302 g/mol. The Balaban J connectivity index is 2.11. The smallest absolute Gasteiger partial charge is 0.251 e. The van der Waals surface area contributed by atoms with Crippen molar-refractivity contribution < 1.29 is 4.79 Å². The highest BCUT2D eigenvalue weighted by Crippen LogP contribution is 2.31. The van der Waals surface area contributed by atoms with Gasteiger partial charge in [0.2, 0.25) is 0 Å². The van der Waals surface area contributed by atoms with Gasteiger partial charge in [0.05, 0.1) is 5.54 Å². The summed E-state index contributed by atoms with van der Waals surface area (Å²) in [7, 11) is 0. The Bertz CT molecular complexity index is 416. The van der Waals surface area contributed by atoms with Crippen molar-refractivity contribution in [3.63, 3.8) is 0 Å². The topological polar surface area (TPSA) is 29.1 Å². The second kappa shape index (κ2) is 5.40. The Morgan fingerprint density at radius 3 is 2.71 bits per heavy atom. The largest absolute Gasteiger partial charge is 0.345 e. The Morgan fingerprint density at radius 1 is 1.41 bits per heavy atom. The van der Waals surface area contributed by atoms with Crippen LogP contribution in [0.25, 0.3) is 0 Å². The Labute approximate surface area is 115 Å². The van der Waals surface area contributed by atoms with Gasteiger partial charge in [0, 0.05) is 15.9 Å². The molecule has 0 bridgehead atoms. The molecule has 1 aromatic carbocycles. The minimum Gasteiger partial charge on any atom is -0.345 e. The fourth-order valence-corrected chi connectivity index (χ4v) is 3.02. The van der Waals surface area contributed by atoms with E-state index in [4.69, 9.17) is 11.6 Å². The van der Waals surface area contributed by atoms with E-state index in [0.29, 0.717) is 11.4 Å². The SMILES string of the molecule is O=C(NC1(CCl)CCCC1)c1cccc(Br)c1. The molecule has 1 aliphatic carbocycles. The lowest BCUT2D eigenvalue weighted by atomic mass is 9.99. The van der Waals surface area contributed by atoms with Gasteiger partial charge in [0.1, 0.15) is 0 Å². The Kier molecular flexibility index (Phi) is 4.10. The van der Waals surface area contributed by atoms with Crippen LogP contribution in [0, 0.1) is 0 Å². The van der Waals surface area contributed by atoms with Gasteiger partial charge in [-0.15, -0.1) is 11.6 Å². The number of benzene rings is 1. The Hall–Kier alpha value is -0.540. The van der Waals surface area contributed by atoms with Gasteiger partial charge >= 0.3 is 0 Å².